The Bertz CT molecular complexity index is 380. The van der Waals surface area contributed by atoms with Crippen molar-refractivity contribution in [1.29, 1.82) is 0 Å². The monoisotopic (exact) mass is 199 g/mol. The summed E-state index contributed by atoms with van der Waals surface area (Å²) >= 11 is 0. The fourth-order valence-corrected chi connectivity index (χ4v) is 1.57. The minimum Gasteiger partial charge on any atom is -0.480 e. The smallest absolute Gasteiger partial charge is 0.320 e. The summed E-state index contributed by atoms with van der Waals surface area (Å²) in [6.45, 7) is 0. The van der Waals surface area contributed by atoms with Gasteiger partial charge in [0.25, 0.3) is 5.92 Å². The van der Waals surface area contributed by atoms with Crippen LogP contribution in [-0.4, -0.2) is 22.0 Å². The fraction of sp³-hybridized carbons (Fsp3) is 0.333. The highest BCUT2D eigenvalue weighted by atomic mass is 19.3. The Kier molecular flexibility index (Phi) is 1.61. The van der Waals surface area contributed by atoms with Gasteiger partial charge in [-0.2, -0.15) is 0 Å². The number of nitrogens with zero attached hydrogens (tertiary/aromatic N) is 1. The Balaban J connectivity index is 2.47. The molecule has 1 aromatic heterocycles. The van der Waals surface area contributed by atoms with Gasteiger partial charge in [-0.05, 0) is 11.6 Å². The fourth-order valence-electron chi connectivity index (χ4n) is 1.57. The second-order valence-electron chi connectivity index (χ2n) is 3.33. The van der Waals surface area contributed by atoms with Crippen molar-refractivity contribution in [2.75, 3.05) is 0 Å². The van der Waals surface area contributed by atoms with Crippen LogP contribution in [0.2, 0.25) is 0 Å². The molecule has 1 N–H and O–H groups in total. The van der Waals surface area contributed by atoms with E-state index in [0.29, 0.717) is 0 Å². The van der Waals surface area contributed by atoms with E-state index in [9.17, 15) is 13.6 Å². The Morgan fingerprint density at radius 2 is 2.21 bits per heavy atom. The molecule has 0 radical (unpaired) electrons. The first-order valence-corrected chi connectivity index (χ1v) is 4.02. The largest absolute Gasteiger partial charge is 0.480 e. The molecule has 2 rings (SSSR count). The SMILES string of the molecule is O=C(O)C1(c2cccnc2)CC1(F)F. The number of alkyl halides is 2. The van der Waals surface area contributed by atoms with Crippen LogP contribution < -0.4 is 0 Å². The first-order valence-electron chi connectivity index (χ1n) is 4.02. The third-order valence-corrected chi connectivity index (χ3v) is 2.51. The number of aromatic nitrogens is 1. The van der Waals surface area contributed by atoms with Crippen LogP contribution in [0.1, 0.15) is 12.0 Å². The Morgan fingerprint density at radius 1 is 1.57 bits per heavy atom. The van der Waals surface area contributed by atoms with E-state index < -0.39 is 23.7 Å². The van der Waals surface area contributed by atoms with E-state index in [2.05, 4.69) is 4.98 Å². The van der Waals surface area contributed by atoms with Gasteiger partial charge in [0, 0.05) is 18.8 Å². The molecule has 0 aromatic carbocycles. The molecule has 1 aliphatic carbocycles. The van der Waals surface area contributed by atoms with Gasteiger partial charge in [-0.25, -0.2) is 8.78 Å². The van der Waals surface area contributed by atoms with Gasteiger partial charge >= 0.3 is 5.97 Å². The van der Waals surface area contributed by atoms with Crippen LogP contribution in [0, 0.1) is 0 Å². The Morgan fingerprint density at radius 3 is 2.57 bits per heavy atom. The molecule has 1 aromatic rings. The number of rotatable bonds is 2. The van der Waals surface area contributed by atoms with Crippen molar-refractivity contribution < 1.29 is 18.7 Å². The minimum atomic E-state index is -3.15. The Hall–Kier alpha value is -1.52. The number of carboxylic acids is 1. The maximum Gasteiger partial charge on any atom is 0.320 e. The van der Waals surface area contributed by atoms with Gasteiger partial charge in [-0.15, -0.1) is 0 Å². The summed E-state index contributed by atoms with van der Waals surface area (Å²) in [6.07, 6.45) is 1.95. The third-order valence-electron chi connectivity index (χ3n) is 2.51. The lowest BCUT2D eigenvalue weighted by Crippen LogP contribution is -2.27. The summed E-state index contributed by atoms with van der Waals surface area (Å²) in [6, 6.07) is 2.82. The molecule has 0 amide bonds. The molecule has 74 valence electrons. The highest BCUT2D eigenvalue weighted by Gasteiger charge is 2.77. The van der Waals surface area contributed by atoms with Crippen LogP contribution in [-0.2, 0) is 10.2 Å². The molecule has 0 aliphatic heterocycles. The zero-order valence-corrected chi connectivity index (χ0v) is 7.08. The average molecular weight is 199 g/mol. The van der Waals surface area contributed by atoms with E-state index in [-0.39, 0.29) is 5.56 Å². The lowest BCUT2D eigenvalue weighted by molar-refractivity contribution is -0.142. The van der Waals surface area contributed by atoms with Crippen molar-refractivity contribution >= 4 is 5.97 Å². The van der Waals surface area contributed by atoms with Gasteiger partial charge in [0.15, 0.2) is 5.41 Å². The van der Waals surface area contributed by atoms with Crippen LogP contribution in [0.15, 0.2) is 24.5 Å². The van der Waals surface area contributed by atoms with E-state index in [1.807, 2.05) is 0 Å². The van der Waals surface area contributed by atoms with Crippen molar-refractivity contribution in [2.24, 2.45) is 0 Å². The number of pyridine rings is 1. The van der Waals surface area contributed by atoms with Crippen molar-refractivity contribution in [2.45, 2.75) is 17.8 Å². The highest BCUT2D eigenvalue weighted by molar-refractivity contribution is 5.87. The average Bonchev–Trinajstić information content (AvgIpc) is 2.72. The summed E-state index contributed by atoms with van der Waals surface area (Å²) in [5.74, 6) is -4.64. The minimum absolute atomic E-state index is 0.0671. The molecule has 1 atom stereocenters. The van der Waals surface area contributed by atoms with Gasteiger partial charge in [0.05, 0.1) is 0 Å². The standard InChI is InChI=1S/C9H7F2NO2/c10-9(11)5-8(9,7(13)14)6-2-1-3-12-4-6/h1-4H,5H2,(H,13,14). The summed E-state index contributed by atoms with van der Waals surface area (Å²) in [7, 11) is 0. The van der Waals surface area contributed by atoms with E-state index in [1.54, 1.807) is 0 Å². The second kappa shape index (κ2) is 2.50. The number of hydrogen-bond acceptors (Lipinski definition) is 2. The number of halogens is 2. The summed E-state index contributed by atoms with van der Waals surface area (Å²) in [5, 5.41) is 8.79. The molecule has 0 spiro atoms. The maximum absolute atomic E-state index is 13.0. The second-order valence-corrected chi connectivity index (χ2v) is 3.33. The highest BCUT2D eigenvalue weighted by Crippen LogP contribution is 2.61. The maximum atomic E-state index is 13.0. The van der Waals surface area contributed by atoms with E-state index in [0.717, 1.165) is 0 Å². The van der Waals surface area contributed by atoms with E-state index >= 15 is 0 Å². The molecule has 1 heterocycles. The van der Waals surface area contributed by atoms with Crippen LogP contribution in [0.5, 0.6) is 0 Å². The molecular weight excluding hydrogens is 192 g/mol. The quantitative estimate of drug-likeness (QED) is 0.784. The summed E-state index contributed by atoms with van der Waals surface area (Å²) in [5.41, 5.74) is -1.97. The predicted molar refractivity (Wildman–Crippen MR) is 43.1 cm³/mol. The van der Waals surface area contributed by atoms with Gasteiger partial charge < -0.3 is 5.11 Å². The molecule has 5 heteroatoms. The van der Waals surface area contributed by atoms with Gasteiger partial charge in [0.1, 0.15) is 0 Å². The predicted octanol–water partition coefficient (Wildman–Crippen LogP) is 1.44. The van der Waals surface area contributed by atoms with Crippen LogP contribution in [0.4, 0.5) is 8.78 Å². The lowest BCUT2D eigenvalue weighted by atomic mass is 9.97. The normalized spacial score (nSPS) is 28.4. The molecule has 3 nitrogen and oxygen atoms in total. The van der Waals surface area contributed by atoms with E-state index in [1.165, 1.54) is 24.5 Å². The van der Waals surface area contributed by atoms with Crippen molar-refractivity contribution in [3.63, 3.8) is 0 Å². The van der Waals surface area contributed by atoms with Crippen LogP contribution in [0.25, 0.3) is 0 Å². The van der Waals surface area contributed by atoms with Crippen molar-refractivity contribution in [3.05, 3.63) is 30.1 Å². The van der Waals surface area contributed by atoms with Crippen LogP contribution >= 0.6 is 0 Å². The summed E-state index contributed by atoms with van der Waals surface area (Å²) < 4.78 is 26.0. The zero-order valence-electron chi connectivity index (χ0n) is 7.08. The van der Waals surface area contributed by atoms with Crippen molar-refractivity contribution in [3.8, 4) is 0 Å². The number of carbonyl (C=O) groups is 1. The summed E-state index contributed by atoms with van der Waals surface area (Å²) in [4.78, 5) is 14.4. The number of aliphatic carboxylic acids is 1. The molecule has 0 saturated heterocycles. The van der Waals surface area contributed by atoms with Crippen molar-refractivity contribution in [1.82, 2.24) is 4.98 Å². The first-order chi connectivity index (χ1) is 6.51. The van der Waals surface area contributed by atoms with Gasteiger partial charge in [-0.1, -0.05) is 6.07 Å². The topological polar surface area (TPSA) is 50.2 Å². The molecule has 14 heavy (non-hydrogen) atoms. The molecule has 1 aliphatic rings. The van der Waals surface area contributed by atoms with Gasteiger partial charge in [0.2, 0.25) is 0 Å². The zero-order chi connectivity index (χ0) is 10.4. The third kappa shape index (κ3) is 0.950. The van der Waals surface area contributed by atoms with Gasteiger partial charge in [-0.3, -0.25) is 9.78 Å². The number of hydrogen-bond donors (Lipinski definition) is 1. The molecular formula is C9H7F2NO2. The van der Waals surface area contributed by atoms with E-state index in [4.69, 9.17) is 5.11 Å². The van der Waals surface area contributed by atoms with Crippen LogP contribution in [0.3, 0.4) is 0 Å². The molecule has 0 bridgehead atoms. The Labute approximate surface area is 78.4 Å². The lowest BCUT2D eigenvalue weighted by Gasteiger charge is -2.10. The molecule has 1 fully saturated rings. The number of carboxylic acid groups (broad SMARTS) is 1. The molecule has 1 saturated carbocycles. The first kappa shape index (κ1) is 9.05. The molecule has 1 unspecified atom stereocenters.